The van der Waals surface area contributed by atoms with Gasteiger partial charge in [-0.3, -0.25) is 4.57 Å². The van der Waals surface area contributed by atoms with Gasteiger partial charge in [-0.05, 0) is 54.1 Å². The summed E-state index contributed by atoms with van der Waals surface area (Å²) in [5.74, 6) is -2.06. The molecule has 14 heteroatoms. The second-order valence-corrected chi connectivity index (χ2v) is 15.2. The molecule has 0 aliphatic heterocycles. The van der Waals surface area contributed by atoms with Crippen molar-refractivity contribution in [1.29, 1.82) is 0 Å². The van der Waals surface area contributed by atoms with Crippen LogP contribution in [0.4, 0.5) is 13.2 Å². The zero-order valence-electron chi connectivity index (χ0n) is 26.4. The lowest BCUT2D eigenvalue weighted by Gasteiger charge is -2.28. The maximum atomic E-state index is 15.2. The summed E-state index contributed by atoms with van der Waals surface area (Å²) in [6.07, 6.45) is 2.23. The Morgan fingerprint density at radius 3 is 2.24 bits per heavy atom. The third-order valence-electron chi connectivity index (χ3n) is 7.40. The normalized spacial score (nSPS) is 12.2. The molecule has 0 spiro atoms. The third-order valence-corrected chi connectivity index (χ3v) is 10.1. The predicted molar refractivity (Wildman–Crippen MR) is 172 cm³/mol. The smallest absolute Gasteiger partial charge is 0.240 e. The van der Waals surface area contributed by atoms with Crippen molar-refractivity contribution in [3.63, 3.8) is 0 Å². The van der Waals surface area contributed by atoms with E-state index in [2.05, 4.69) is 9.71 Å². The number of imidazole rings is 1. The van der Waals surface area contributed by atoms with Crippen LogP contribution in [0.15, 0.2) is 70.8 Å². The Morgan fingerprint density at radius 2 is 1.65 bits per heavy atom. The van der Waals surface area contributed by atoms with E-state index in [0.29, 0.717) is 32.5 Å². The summed E-state index contributed by atoms with van der Waals surface area (Å²) in [7, 11) is 3.38. The van der Waals surface area contributed by atoms with E-state index in [1.165, 1.54) is 19.2 Å². The Labute approximate surface area is 284 Å². The van der Waals surface area contributed by atoms with Crippen molar-refractivity contribution in [1.82, 2.24) is 14.3 Å². The number of hydrogen-bond acceptors (Lipinski definition) is 5. The number of aromatic nitrogens is 2. The topological polar surface area (TPSA) is 73.2 Å². The van der Waals surface area contributed by atoms with Gasteiger partial charge in [0, 0.05) is 35.4 Å². The largest absolute Gasteiger partial charge is 1.00 e. The third kappa shape index (κ3) is 8.78. The SMILES string of the molecule is COc1cc(C(C)(C)c2cnc(SCc3c(F)cc(S(=O)(=O)NCCC[N+](C)(C)C)cc3F)n2-c2ccc(F)cc2)ccc1Cl.[Cl-]. The van der Waals surface area contributed by atoms with Gasteiger partial charge < -0.3 is 21.6 Å². The summed E-state index contributed by atoms with van der Waals surface area (Å²) in [6.45, 7) is 4.83. The van der Waals surface area contributed by atoms with E-state index in [1.54, 1.807) is 29.0 Å². The van der Waals surface area contributed by atoms with Crippen molar-refractivity contribution in [2.75, 3.05) is 41.3 Å². The van der Waals surface area contributed by atoms with Gasteiger partial charge in [-0.2, -0.15) is 0 Å². The zero-order valence-corrected chi connectivity index (χ0v) is 29.5. The van der Waals surface area contributed by atoms with Crippen LogP contribution in [0.3, 0.4) is 0 Å². The fourth-order valence-corrected chi connectivity index (χ4v) is 7.07. The van der Waals surface area contributed by atoms with Crippen molar-refractivity contribution >= 4 is 33.4 Å². The minimum atomic E-state index is -4.11. The fraction of sp³-hybridized carbons (Fsp3) is 0.344. The molecule has 3 aromatic carbocycles. The van der Waals surface area contributed by atoms with Crippen molar-refractivity contribution in [3.05, 3.63) is 100 Å². The zero-order chi connectivity index (χ0) is 33.2. The molecule has 1 aromatic heterocycles. The number of nitrogens with one attached hydrogen (secondary N) is 1. The highest BCUT2D eigenvalue weighted by molar-refractivity contribution is 7.98. The van der Waals surface area contributed by atoms with E-state index in [4.69, 9.17) is 16.3 Å². The fourth-order valence-electron chi connectivity index (χ4n) is 4.77. The first-order valence-corrected chi connectivity index (χ1v) is 17.0. The molecule has 0 radical (unpaired) electrons. The summed E-state index contributed by atoms with van der Waals surface area (Å²) >= 11 is 7.33. The van der Waals surface area contributed by atoms with Crippen LogP contribution in [0.25, 0.3) is 5.69 Å². The van der Waals surface area contributed by atoms with Crippen molar-refractivity contribution in [2.45, 2.75) is 41.5 Å². The molecule has 0 atom stereocenters. The Balaban J connectivity index is 0.00000576. The van der Waals surface area contributed by atoms with E-state index >= 15 is 8.78 Å². The molecule has 1 heterocycles. The van der Waals surface area contributed by atoms with Gasteiger partial charge in [-0.1, -0.05) is 43.3 Å². The molecule has 0 fully saturated rings. The molecule has 250 valence electrons. The van der Waals surface area contributed by atoms with Crippen molar-refractivity contribution in [2.24, 2.45) is 0 Å². The van der Waals surface area contributed by atoms with Gasteiger partial charge in [-0.15, -0.1) is 0 Å². The van der Waals surface area contributed by atoms with Gasteiger partial charge >= 0.3 is 0 Å². The van der Waals surface area contributed by atoms with E-state index in [9.17, 15) is 12.8 Å². The Bertz CT molecular complexity index is 1760. The van der Waals surface area contributed by atoms with Crippen LogP contribution in [-0.4, -0.2) is 63.8 Å². The van der Waals surface area contributed by atoms with Crippen LogP contribution >= 0.6 is 23.4 Å². The van der Waals surface area contributed by atoms with Crippen LogP contribution < -0.4 is 21.9 Å². The van der Waals surface area contributed by atoms with E-state index in [-0.39, 0.29) is 30.3 Å². The molecule has 7 nitrogen and oxygen atoms in total. The number of nitrogens with zero attached hydrogens (tertiary/aromatic N) is 3. The Hall–Kier alpha value is -2.74. The van der Waals surface area contributed by atoms with E-state index < -0.39 is 37.8 Å². The lowest BCUT2D eigenvalue weighted by molar-refractivity contribution is -0.870. The Morgan fingerprint density at radius 1 is 1.02 bits per heavy atom. The first kappa shape index (κ1) is 37.7. The summed E-state index contributed by atoms with van der Waals surface area (Å²) in [5, 5.41) is 0.860. The van der Waals surface area contributed by atoms with Gasteiger partial charge in [0.2, 0.25) is 10.0 Å². The second-order valence-electron chi connectivity index (χ2n) is 12.1. The summed E-state index contributed by atoms with van der Waals surface area (Å²) < 4.78 is 80.1. The highest BCUT2D eigenvalue weighted by Gasteiger charge is 2.31. The number of quaternary nitrogens is 1. The van der Waals surface area contributed by atoms with Crippen molar-refractivity contribution < 1.29 is 43.2 Å². The molecule has 0 aliphatic carbocycles. The molecule has 0 amide bonds. The molecule has 46 heavy (non-hydrogen) atoms. The molecule has 0 unspecified atom stereocenters. The first-order chi connectivity index (χ1) is 21.0. The predicted octanol–water partition coefficient (Wildman–Crippen LogP) is 3.95. The quantitative estimate of drug-likeness (QED) is 0.129. The van der Waals surface area contributed by atoms with Gasteiger partial charge in [0.15, 0.2) is 5.16 Å². The standard InChI is InChI=1S/C32H37ClF3N4O3S2.ClH/c1-32(2,21-8-13-26(33)29(16-21)43-6)30-19-37-31(39(30)23-11-9-22(34)10-12-23)44-20-25-27(35)17-24(18-28(25)36)45(41,42)38-14-7-15-40(3,4)5;/h8-13,16-19,38H,7,14-15,20H2,1-6H3;1H/q+1;/p-1. The number of ether oxygens (including phenoxy) is 1. The van der Waals surface area contributed by atoms with Crippen LogP contribution in [0, 0.1) is 17.5 Å². The highest BCUT2D eigenvalue weighted by Crippen LogP contribution is 2.39. The molecule has 1 N–H and O–H groups in total. The number of sulfonamides is 1. The van der Waals surface area contributed by atoms with Crippen LogP contribution in [0.2, 0.25) is 5.02 Å². The molecule has 0 aliphatic rings. The number of halogens is 5. The minimum Gasteiger partial charge on any atom is -1.00 e. The second kappa shape index (κ2) is 15.0. The van der Waals surface area contributed by atoms with Gasteiger partial charge in [-0.25, -0.2) is 31.3 Å². The molecule has 0 saturated heterocycles. The summed E-state index contributed by atoms with van der Waals surface area (Å²) in [4.78, 5) is 4.10. The van der Waals surface area contributed by atoms with Crippen LogP contribution in [0.5, 0.6) is 5.75 Å². The summed E-state index contributed by atoms with van der Waals surface area (Å²) in [5.41, 5.74) is 1.23. The molecular formula is C32H37Cl2F3N4O3S2. The molecule has 0 bridgehead atoms. The van der Waals surface area contributed by atoms with Gasteiger partial charge in [0.05, 0.1) is 56.6 Å². The average Bonchev–Trinajstić information content (AvgIpc) is 3.39. The van der Waals surface area contributed by atoms with Gasteiger partial charge in [0.25, 0.3) is 0 Å². The van der Waals surface area contributed by atoms with E-state index in [0.717, 1.165) is 41.7 Å². The monoisotopic (exact) mass is 716 g/mol. The van der Waals surface area contributed by atoms with E-state index in [1.807, 2.05) is 47.1 Å². The number of hydrogen-bond donors (Lipinski definition) is 1. The maximum absolute atomic E-state index is 15.2. The molecule has 0 saturated carbocycles. The lowest BCUT2D eigenvalue weighted by atomic mass is 9.81. The van der Waals surface area contributed by atoms with Crippen LogP contribution in [0.1, 0.15) is 37.1 Å². The number of methoxy groups -OCH3 is 1. The Kier molecular flexibility index (Phi) is 12.3. The maximum Gasteiger partial charge on any atom is 0.240 e. The van der Waals surface area contributed by atoms with Gasteiger partial charge in [0.1, 0.15) is 23.2 Å². The average molecular weight is 718 g/mol. The number of benzene rings is 3. The molecule has 4 aromatic rings. The van der Waals surface area contributed by atoms with Crippen LogP contribution in [-0.2, 0) is 21.2 Å². The summed E-state index contributed by atoms with van der Waals surface area (Å²) in [6, 6.07) is 12.9. The minimum absolute atomic E-state index is 0. The lowest BCUT2D eigenvalue weighted by Crippen LogP contribution is -3.00. The first-order valence-electron chi connectivity index (χ1n) is 14.1. The number of rotatable bonds is 13. The molecule has 4 rings (SSSR count). The highest BCUT2D eigenvalue weighted by atomic mass is 35.5. The van der Waals surface area contributed by atoms with Crippen molar-refractivity contribution in [3.8, 4) is 11.4 Å². The molecular weight excluding hydrogens is 680 g/mol. The number of thioether (sulfide) groups is 1.